The number of hydrogen-bond acceptors (Lipinski definition) is 4. The lowest BCUT2D eigenvalue weighted by atomic mass is 10.3. The van der Waals surface area contributed by atoms with Gasteiger partial charge in [-0.25, -0.2) is 13.1 Å². The summed E-state index contributed by atoms with van der Waals surface area (Å²) in [6.07, 6.45) is 3.69. The quantitative estimate of drug-likeness (QED) is 0.246. The van der Waals surface area contributed by atoms with E-state index in [2.05, 4.69) is 25.3 Å². The largest absolute Gasteiger partial charge is 0.356 e. The Hall–Kier alpha value is -0.940. The van der Waals surface area contributed by atoms with E-state index in [-0.39, 0.29) is 24.0 Å². The van der Waals surface area contributed by atoms with Crippen molar-refractivity contribution < 1.29 is 8.42 Å². The number of aromatic nitrogens is 1. The molecule has 0 saturated heterocycles. The summed E-state index contributed by atoms with van der Waals surface area (Å²) in [5.74, 6) is 0.635. The van der Waals surface area contributed by atoms with E-state index >= 15 is 0 Å². The molecule has 0 aliphatic heterocycles. The lowest BCUT2D eigenvalue weighted by Gasteiger charge is -2.11. The summed E-state index contributed by atoms with van der Waals surface area (Å²) in [6, 6.07) is 5.80. The fourth-order valence-corrected chi connectivity index (χ4v) is 1.97. The summed E-state index contributed by atoms with van der Waals surface area (Å²) in [4.78, 5) is 8.28. The van der Waals surface area contributed by atoms with E-state index in [1.54, 1.807) is 13.2 Å². The number of guanidine groups is 1. The Kier molecular flexibility index (Phi) is 10.3. The molecule has 0 unspecified atom stereocenters. The minimum atomic E-state index is -3.14. The number of pyridine rings is 1. The van der Waals surface area contributed by atoms with E-state index in [9.17, 15) is 8.42 Å². The molecule has 1 aromatic rings. The maximum Gasteiger partial charge on any atom is 0.208 e. The third-order valence-electron chi connectivity index (χ3n) is 2.41. The van der Waals surface area contributed by atoms with Crippen LogP contribution in [0.25, 0.3) is 0 Å². The van der Waals surface area contributed by atoms with Crippen LogP contribution in [0.5, 0.6) is 0 Å². The smallest absolute Gasteiger partial charge is 0.208 e. The van der Waals surface area contributed by atoms with Gasteiger partial charge in [-0.1, -0.05) is 6.07 Å². The first-order valence-corrected chi connectivity index (χ1v) is 8.19. The number of rotatable bonds is 7. The summed E-state index contributed by atoms with van der Waals surface area (Å²) < 4.78 is 24.2. The van der Waals surface area contributed by atoms with Gasteiger partial charge in [0.1, 0.15) is 0 Å². The van der Waals surface area contributed by atoms with Gasteiger partial charge in [0.05, 0.1) is 6.26 Å². The predicted octanol–water partition coefficient (Wildman–Crippen LogP) is -0.0437. The van der Waals surface area contributed by atoms with Crippen molar-refractivity contribution in [1.29, 1.82) is 0 Å². The van der Waals surface area contributed by atoms with Crippen LogP contribution in [0.1, 0.15) is 5.69 Å². The average molecular weight is 427 g/mol. The van der Waals surface area contributed by atoms with Gasteiger partial charge in [-0.05, 0) is 12.1 Å². The van der Waals surface area contributed by atoms with E-state index in [1.807, 2.05) is 18.2 Å². The topological polar surface area (TPSA) is 95.5 Å². The van der Waals surface area contributed by atoms with Crippen molar-refractivity contribution in [3.63, 3.8) is 0 Å². The molecule has 0 radical (unpaired) electrons. The number of halogens is 1. The van der Waals surface area contributed by atoms with Crippen molar-refractivity contribution in [3.05, 3.63) is 30.1 Å². The molecule has 0 spiro atoms. The second kappa shape index (κ2) is 10.7. The minimum absolute atomic E-state index is 0. The molecular formula is C12H22IN5O2S. The molecule has 0 aliphatic carbocycles. The standard InChI is InChI=1S/C12H21N5O2S.HI/c1-13-12(16-9-10-17-20(2,18)19)15-8-6-11-5-3-4-7-14-11;/h3-5,7,17H,6,8-10H2,1-2H3,(H2,13,15,16);1H. The third-order valence-corrected chi connectivity index (χ3v) is 3.13. The zero-order valence-corrected chi connectivity index (χ0v) is 15.3. The Balaban J connectivity index is 0.00000400. The molecule has 0 aromatic carbocycles. The van der Waals surface area contributed by atoms with Crippen molar-refractivity contribution in [3.8, 4) is 0 Å². The van der Waals surface area contributed by atoms with Crippen LogP contribution in [0.15, 0.2) is 29.4 Å². The Morgan fingerprint density at radius 2 is 1.95 bits per heavy atom. The van der Waals surface area contributed by atoms with Crippen molar-refractivity contribution in [1.82, 2.24) is 20.3 Å². The minimum Gasteiger partial charge on any atom is -0.356 e. The second-order valence-corrected chi connectivity index (χ2v) is 6.00. The highest BCUT2D eigenvalue weighted by Crippen LogP contribution is 1.92. The molecule has 7 nitrogen and oxygen atoms in total. The van der Waals surface area contributed by atoms with Crippen molar-refractivity contribution >= 4 is 40.0 Å². The van der Waals surface area contributed by atoms with Crippen LogP contribution < -0.4 is 15.4 Å². The van der Waals surface area contributed by atoms with E-state index in [1.165, 1.54) is 0 Å². The molecule has 0 atom stereocenters. The molecule has 1 aromatic heterocycles. The van der Waals surface area contributed by atoms with Crippen LogP contribution >= 0.6 is 24.0 Å². The van der Waals surface area contributed by atoms with E-state index in [4.69, 9.17) is 0 Å². The highest BCUT2D eigenvalue weighted by atomic mass is 127. The predicted molar refractivity (Wildman–Crippen MR) is 95.6 cm³/mol. The van der Waals surface area contributed by atoms with Gasteiger partial charge in [0.25, 0.3) is 0 Å². The van der Waals surface area contributed by atoms with E-state index in [0.717, 1.165) is 18.4 Å². The first-order chi connectivity index (χ1) is 9.51. The van der Waals surface area contributed by atoms with Gasteiger partial charge in [0.2, 0.25) is 10.0 Å². The zero-order chi connectivity index (χ0) is 14.8. The highest BCUT2D eigenvalue weighted by molar-refractivity contribution is 14.0. The summed E-state index contributed by atoms with van der Waals surface area (Å²) >= 11 is 0. The van der Waals surface area contributed by atoms with E-state index in [0.29, 0.717) is 25.6 Å². The highest BCUT2D eigenvalue weighted by Gasteiger charge is 2.00. The van der Waals surface area contributed by atoms with E-state index < -0.39 is 10.0 Å². The van der Waals surface area contributed by atoms with Gasteiger partial charge in [-0.15, -0.1) is 24.0 Å². The summed E-state index contributed by atoms with van der Waals surface area (Å²) in [7, 11) is -1.47. The Labute approximate surface area is 143 Å². The van der Waals surface area contributed by atoms with Crippen LogP contribution in [0, 0.1) is 0 Å². The number of hydrogen-bond donors (Lipinski definition) is 3. The molecule has 0 saturated carbocycles. The maximum atomic E-state index is 10.9. The summed E-state index contributed by atoms with van der Waals surface area (Å²) in [5, 5.41) is 6.16. The van der Waals surface area contributed by atoms with Crippen molar-refractivity contribution in [2.24, 2.45) is 4.99 Å². The first-order valence-electron chi connectivity index (χ1n) is 6.30. The Morgan fingerprint density at radius 1 is 1.24 bits per heavy atom. The molecule has 1 heterocycles. The SMILES string of the molecule is CN=C(NCCNS(C)(=O)=O)NCCc1ccccn1.I. The van der Waals surface area contributed by atoms with Gasteiger partial charge < -0.3 is 10.6 Å². The lowest BCUT2D eigenvalue weighted by molar-refractivity contribution is 0.586. The van der Waals surface area contributed by atoms with Gasteiger partial charge >= 0.3 is 0 Å². The third kappa shape index (κ3) is 10.4. The molecule has 0 aliphatic rings. The first kappa shape index (κ1) is 20.1. The van der Waals surface area contributed by atoms with Crippen LogP contribution in [-0.4, -0.2) is 52.3 Å². The molecule has 0 fully saturated rings. The van der Waals surface area contributed by atoms with Gasteiger partial charge in [0.15, 0.2) is 5.96 Å². The molecule has 9 heteroatoms. The number of nitrogens with one attached hydrogen (secondary N) is 3. The van der Waals surface area contributed by atoms with Crippen LogP contribution in [-0.2, 0) is 16.4 Å². The molecular weight excluding hydrogens is 405 g/mol. The maximum absolute atomic E-state index is 10.9. The molecule has 0 amide bonds. The fraction of sp³-hybridized carbons (Fsp3) is 0.500. The Bertz CT molecular complexity index is 522. The monoisotopic (exact) mass is 427 g/mol. The van der Waals surface area contributed by atoms with Crippen molar-refractivity contribution in [2.75, 3.05) is 32.9 Å². The second-order valence-electron chi connectivity index (χ2n) is 4.16. The van der Waals surface area contributed by atoms with Gasteiger partial charge in [-0.3, -0.25) is 9.98 Å². The fourth-order valence-electron chi connectivity index (χ4n) is 1.49. The number of nitrogens with zero attached hydrogens (tertiary/aromatic N) is 2. The molecule has 120 valence electrons. The Morgan fingerprint density at radius 3 is 2.52 bits per heavy atom. The van der Waals surface area contributed by atoms with Gasteiger partial charge in [0, 0.05) is 45.0 Å². The van der Waals surface area contributed by atoms with Crippen LogP contribution in [0.3, 0.4) is 0 Å². The molecule has 3 N–H and O–H groups in total. The molecule has 0 bridgehead atoms. The zero-order valence-electron chi connectivity index (χ0n) is 12.2. The lowest BCUT2D eigenvalue weighted by Crippen LogP contribution is -2.42. The van der Waals surface area contributed by atoms with Crippen LogP contribution in [0.4, 0.5) is 0 Å². The number of aliphatic imine (C=N–C) groups is 1. The van der Waals surface area contributed by atoms with Crippen molar-refractivity contribution in [2.45, 2.75) is 6.42 Å². The average Bonchev–Trinajstić information content (AvgIpc) is 2.41. The van der Waals surface area contributed by atoms with Crippen LogP contribution in [0.2, 0.25) is 0 Å². The molecule has 1 rings (SSSR count). The van der Waals surface area contributed by atoms with Gasteiger partial charge in [-0.2, -0.15) is 0 Å². The molecule has 21 heavy (non-hydrogen) atoms. The normalized spacial score (nSPS) is 11.6. The summed E-state index contributed by atoms with van der Waals surface area (Å²) in [6.45, 7) is 1.49. The number of sulfonamides is 1. The summed E-state index contributed by atoms with van der Waals surface area (Å²) in [5.41, 5.74) is 1.01.